The number of aromatic nitrogens is 2. The highest BCUT2D eigenvalue weighted by Gasteiger charge is 2.57. The minimum atomic E-state index is -5.08. The molecule has 284 valence electrons. The highest BCUT2D eigenvalue weighted by Crippen LogP contribution is 2.55. The topological polar surface area (TPSA) is 109 Å². The second-order valence-electron chi connectivity index (χ2n) is 15.1. The van der Waals surface area contributed by atoms with Crippen molar-refractivity contribution in [2.75, 3.05) is 0 Å². The van der Waals surface area contributed by atoms with Crippen LogP contribution in [0.15, 0.2) is 53.2 Å². The van der Waals surface area contributed by atoms with Crippen LogP contribution in [-0.4, -0.2) is 44.1 Å². The summed E-state index contributed by atoms with van der Waals surface area (Å²) in [5.74, 6) is -4.75. The number of rotatable bonds is 7. The van der Waals surface area contributed by atoms with Crippen LogP contribution in [0.1, 0.15) is 103 Å². The molecule has 3 N–H and O–H groups in total. The van der Waals surface area contributed by atoms with E-state index < -0.39 is 88.1 Å². The smallest absolute Gasteiger partial charge is 0.378 e. The SMILES string of the molecule is C[C@@H]1c2c(C(F)(F)F)nn(CC(=O)N[C@@H](Cc3cc(F)cc(F)c3)C3=NC(C#CC(C)(C)O)=CCC3c3ccc4c(c3)C(=O)NC43CC3)c2C(F)(F)[C@@H]1C. The molecule has 0 bridgehead atoms. The predicted molar refractivity (Wildman–Crippen MR) is 182 cm³/mol. The van der Waals surface area contributed by atoms with Gasteiger partial charge in [-0.05, 0) is 92.3 Å². The Bertz CT molecular complexity index is 2180. The number of nitrogens with one attached hydrogen (secondary N) is 2. The van der Waals surface area contributed by atoms with Crippen molar-refractivity contribution < 1.29 is 45.4 Å². The number of fused-ring (bicyclic) bond motifs is 3. The molecule has 4 atom stereocenters. The van der Waals surface area contributed by atoms with Crippen LogP contribution < -0.4 is 10.6 Å². The van der Waals surface area contributed by atoms with Gasteiger partial charge in [0.15, 0.2) is 5.69 Å². The maximum Gasteiger partial charge on any atom is 0.435 e. The van der Waals surface area contributed by atoms with Gasteiger partial charge in [-0.3, -0.25) is 14.3 Å². The third-order valence-corrected chi connectivity index (χ3v) is 10.7. The summed E-state index contributed by atoms with van der Waals surface area (Å²) in [5, 5.41) is 19.4. The Labute approximate surface area is 305 Å². The second-order valence-corrected chi connectivity index (χ2v) is 15.1. The number of hydrogen-bond donors (Lipinski definition) is 3. The van der Waals surface area contributed by atoms with E-state index in [1.807, 2.05) is 12.1 Å². The number of halogens is 7. The summed E-state index contributed by atoms with van der Waals surface area (Å²) in [5.41, 5.74) is -2.60. The van der Waals surface area contributed by atoms with E-state index in [1.54, 1.807) is 12.1 Å². The molecule has 2 aliphatic heterocycles. The third kappa shape index (κ3) is 6.80. The van der Waals surface area contributed by atoms with Crippen molar-refractivity contribution in [1.29, 1.82) is 0 Å². The number of benzene rings is 2. The summed E-state index contributed by atoms with van der Waals surface area (Å²) in [6.07, 6.45) is -1.87. The zero-order chi connectivity index (χ0) is 39.1. The van der Waals surface area contributed by atoms with Gasteiger partial charge in [-0.1, -0.05) is 31.9 Å². The summed E-state index contributed by atoms with van der Waals surface area (Å²) in [7, 11) is 0. The summed E-state index contributed by atoms with van der Waals surface area (Å²) in [6, 6.07) is 6.89. The first kappa shape index (κ1) is 37.3. The molecule has 2 aliphatic carbocycles. The molecule has 3 heterocycles. The van der Waals surface area contributed by atoms with Gasteiger partial charge >= 0.3 is 6.18 Å². The normalized spacial score (nSPS) is 22.7. The predicted octanol–water partition coefficient (Wildman–Crippen LogP) is 6.77. The maximum atomic E-state index is 15.5. The molecule has 1 aromatic heterocycles. The zero-order valence-electron chi connectivity index (χ0n) is 29.6. The molecule has 8 nitrogen and oxygen atoms in total. The van der Waals surface area contributed by atoms with Crippen molar-refractivity contribution in [3.8, 4) is 11.8 Å². The Hall–Kier alpha value is -4.97. The third-order valence-electron chi connectivity index (χ3n) is 10.7. The lowest BCUT2D eigenvalue weighted by atomic mass is 9.82. The van der Waals surface area contributed by atoms with Gasteiger partial charge in [0.2, 0.25) is 5.91 Å². The van der Waals surface area contributed by atoms with Crippen molar-refractivity contribution >= 4 is 17.5 Å². The summed E-state index contributed by atoms with van der Waals surface area (Å²) >= 11 is 0. The molecule has 2 aromatic carbocycles. The molecule has 54 heavy (non-hydrogen) atoms. The standard InChI is InChI=1S/C39H36F7N5O3/c1-19-20(2)38(42,43)34-31(19)33(39(44,45)46)50-51(34)18-30(52)48-29(15-21-13-23(40)17-24(41)14-21)32-26(7-6-25(47-32)9-10-36(3,4)54)22-5-8-28-27(16-22)35(53)49-37(28)11-12-37/h5-6,8,13-14,16-17,19-20,26,29,54H,7,11-12,15,18H2,1-4H3,(H,48,52)(H,49,53)/t19-,20+,26?,29-/m0/s1. The van der Waals surface area contributed by atoms with Gasteiger partial charge in [0.25, 0.3) is 11.8 Å². The minimum Gasteiger partial charge on any atom is -0.378 e. The number of amides is 2. The van der Waals surface area contributed by atoms with Crippen LogP contribution in [0.3, 0.4) is 0 Å². The number of hydrogen-bond acceptors (Lipinski definition) is 5. The number of aliphatic imine (C=N–C) groups is 1. The van der Waals surface area contributed by atoms with Gasteiger partial charge in [-0.2, -0.15) is 27.1 Å². The first-order chi connectivity index (χ1) is 25.2. The number of allylic oxidation sites excluding steroid dienone is 2. The van der Waals surface area contributed by atoms with Crippen LogP contribution >= 0.6 is 0 Å². The zero-order valence-corrected chi connectivity index (χ0v) is 29.6. The van der Waals surface area contributed by atoms with E-state index in [0.29, 0.717) is 21.9 Å². The molecule has 1 fully saturated rings. The van der Waals surface area contributed by atoms with Crippen LogP contribution in [0.25, 0.3) is 0 Å². The average Bonchev–Trinajstić information content (AvgIpc) is 3.60. The Morgan fingerprint density at radius 2 is 1.80 bits per heavy atom. The average molecular weight is 756 g/mol. The van der Waals surface area contributed by atoms with Crippen LogP contribution in [0, 0.1) is 29.4 Å². The number of aliphatic hydroxyl groups is 1. The van der Waals surface area contributed by atoms with Gasteiger partial charge in [0, 0.05) is 34.7 Å². The lowest BCUT2D eigenvalue weighted by Crippen LogP contribution is -2.46. The Morgan fingerprint density at radius 3 is 2.43 bits per heavy atom. The fourth-order valence-corrected chi connectivity index (χ4v) is 7.72. The lowest BCUT2D eigenvalue weighted by Gasteiger charge is -2.30. The maximum absolute atomic E-state index is 15.5. The first-order valence-corrected chi connectivity index (χ1v) is 17.5. The van der Waals surface area contributed by atoms with Crippen LogP contribution in [-0.2, 0) is 35.4 Å². The number of carbonyl (C=O) groups is 2. The molecule has 0 radical (unpaired) electrons. The van der Waals surface area contributed by atoms with Crippen molar-refractivity contribution in [3.05, 3.63) is 99.0 Å². The van der Waals surface area contributed by atoms with E-state index in [4.69, 9.17) is 4.99 Å². The van der Waals surface area contributed by atoms with Crippen LogP contribution in [0.5, 0.6) is 0 Å². The van der Waals surface area contributed by atoms with E-state index >= 15 is 8.78 Å². The van der Waals surface area contributed by atoms with Gasteiger partial charge < -0.3 is 15.7 Å². The first-order valence-electron chi connectivity index (χ1n) is 17.5. The van der Waals surface area contributed by atoms with Crippen molar-refractivity contribution in [1.82, 2.24) is 20.4 Å². The largest absolute Gasteiger partial charge is 0.435 e. The summed E-state index contributed by atoms with van der Waals surface area (Å²) in [4.78, 5) is 31.6. The molecule has 7 rings (SSSR count). The summed E-state index contributed by atoms with van der Waals surface area (Å²) < 4.78 is 103. The Morgan fingerprint density at radius 1 is 1.11 bits per heavy atom. The highest BCUT2D eigenvalue weighted by atomic mass is 19.4. The lowest BCUT2D eigenvalue weighted by molar-refractivity contribution is -0.143. The quantitative estimate of drug-likeness (QED) is 0.183. The van der Waals surface area contributed by atoms with Crippen molar-refractivity contribution in [2.24, 2.45) is 10.9 Å². The van der Waals surface area contributed by atoms with Gasteiger partial charge in [-0.15, -0.1) is 0 Å². The van der Waals surface area contributed by atoms with Gasteiger partial charge in [0.05, 0.1) is 11.6 Å². The molecular formula is C39H36F7N5O3. The fourth-order valence-electron chi connectivity index (χ4n) is 7.72. The van der Waals surface area contributed by atoms with Crippen LogP contribution in [0.2, 0.25) is 0 Å². The molecule has 15 heteroatoms. The van der Waals surface area contributed by atoms with E-state index in [1.165, 1.54) is 20.8 Å². The van der Waals surface area contributed by atoms with E-state index in [2.05, 4.69) is 27.6 Å². The number of alkyl halides is 5. The fraction of sp³-hybridized carbons (Fsp3) is 0.436. The van der Waals surface area contributed by atoms with E-state index in [-0.39, 0.29) is 35.7 Å². The second kappa shape index (κ2) is 12.8. The highest BCUT2D eigenvalue weighted by molar-refractivity contribution is 6.03. The molecule has 2 amide bonds. The molecular weight excluding hydrogens is 719 g/mol. The molecule has 3 aromatic rings. The molecule has 1 saturated carbocycles. The number of carbonyl (C=O) groups excluding carboxylic acids is 2. The minimum absolute atomic E-state index is 0.0791. The Kier molecular flexibility index (Phi) is 8.87. The molecule has 1 spiro atoms. The number of nitrogens with zero attached hydrogens (tertiary/aromatic N) is 3. The monoisotopic (exact) mass is 755 g/mol. The van der Waals surface area contributed by atoms with Crippen LogP contribution in [0.4, 0.5) is 30.7 Å². The summed E-state index contributed by atoms with van der Waals surface area (Å²) in [6.45, 7) is 4.26. The van der Waals surface area contributed by atoms with E-state index in [0.717, 1.165) is 37.5 Å². The van der Waals surface area contributed by atoms with Crippen molar-refractivity contribution in [2.45, 2.75) is 101 Å². The molecule has 0 saturated heterocycles. The molecule has 4 aliphatic rings. The molecule has 1 unspecified atom stereocenters. The van der Waals surface area contributed by atoms with Gasteiger partial charge in [-0.25, -0.2) is 13.8 Å². The van der Waals surface area contributed by atoms with Crippen molar-refractivity contribution in [3.63, 3.8) is 0 Å². The van der Waals surface area contributed by atoms with E-state index in [9.17, 15) is 36.6 Å². The van der Waals surface area contributed by atoms with Gasteiger partial charge in [0.1, 0.15) is 35.2 Å². The Balaban J connectivity index is 1.30.